The second-order valence-corrected chi connectivity index (χ2v) is 7.04. The molecule has 23 heavy (non-hydrogen) atoms. The van der Waals surface area contributed by atoms with Gasteiger partial charge >= 0.3 is 0 Å². The Morgan fingerprint density at radius 1 is 1.00 bits per heavy atom. The van der Waals surface area contributed by atoms with Gasteiger partial charge in [0.05, 0.1) is 0 Å². The number of aryl methyl sites for hydroxylation is 1. The van der Waals surface area contributed by atoms with Crippen molar-refractivity contribution in [2.45, 2.75) is 19.4 Å². The lowest BCUT2D eigenvalue weighted by Crippen LogP contribution is -2.34. The Labute approximate surface area is 137 Å². The summed E-state index contributed by atoms with van der Waals surface area (Å²) in [6.45, 7) is 5.38. The fourth-order valence-electron chi connectivity index (χ4n) is 4.16. The van der Waals surface area contributed by atoms with Crippen LogP contribution in [0, 0.1) is 18.7 Å². The first-order chi connectivity index (χ1) is 11.1. The average Bonchev–Trinajstić information content (AvgIpc) is 3.09. The van der Waals surface area contributed by atoms with Crippen molar-refractivity contribution in [3.05, 3.63) is 53.8 Å². The molecule has 0 aromatic heterocycles. The number of rotatable bonds is 2. The van der Waals surface area contributed by atoms with Crippen molar-refractivity contribution < 1.29 is 4.39 Å². The maximum atomic E-state index is 13.4. The minimum Gasteiger partial charge on any atom is -0.367 e. The number of benzene rings is 2. The van der Waals surface area contributed by atoms with E-state index in [1.807, 2.05) is 19.1 Å². The minimum atomic E-state index is -0.140. The Bertz CT molecular complexity index is 710. The maximum absolute atomic E-state index is 13.4. The lowest BCUT2D eigenvalue weighted by Gasteiger charge is -2.26. The highest BCUT2D eigenvalue weighted by atomic mass is 19.1. The molecule has 2 nitrogen and oxygen atoms in total. The standard InChI is InChI=1S/C20H23FN2/c1-14-11-16(5-8-19(14)21)15-3-6-18(7-4-15)23-10-9-17-12-22(2)13-20(17)23/h3-8,11,17,20H,9-10,12-13H2,1-2H3/t17-,20+/m1/s1. The van der Waals surface area contributed by atoms with Gasteiger partial charge < -0.3 is 9.80 Å². The van der Waals surface area contributed by atoms with Gasteiger partial charge in [0, 0.05) is 31.4 Å². The molecule has 2 heterocycles. The Morgan fingerprint density at radius 2 is 1.74 bits per heavy atom. The summed E-state index contributed by atoms with van der Waals surface area (Å²) in [5.74, 6) is 0.679. The van der Waals surface area contributed by atoms with Gasteiger partial charge in [-0.2, -0.15) is 0 Å². The molecule has 0 unspecified atom stereocenters. The average molecular weight is 310 g/mol. The third-order valence-corrected chi connectivity index (χ3v) is 5.42. The summed E-state index contributed by atoms with van der Waals surface area (Å²) in [5.41, 5.74) is 4.24. The van der Waals surface area contributed by atoms with Crippen molar-refractivity contribution >= 4 is 5.69 Å². The molecule has 2 aliphatic heterocycles. The van der Waals surface area contributed by atoms with Gasteiger partial charge in [-0.25, -0.2) is 4.39 Å². The summed E-state index contributed by atoms with van der Waals surface area (Å²) in [6.07, 6.45) is 1.30. The van der Waals surface area contributed by atoms with E-state index in [1.165, 1.54) is 25.2 Å². The first-order valence-corrected chi connectivity index (χ1v) is 8.43. The van der Waals surface area contributed by atoms with E-state index in [1.54, 1.807) is 6.07 Å². The molecule has 0 aliphatic carbocycles. The van der Waals surface area contributed by atoms with Crippen LogP contribution in [-0.2, 0) is 0 Å². The van der Waals surface area contributed by atoms with Crippen LogP contribution in [-0.4, -0.2) is 37.6 Å². The van der Waals surface area contributed by atoms with Crippen molar-refractivity contribution in [3.8, 4) is 11.1 Å². The van der Waals surface area contributed by atoms with Crippen LogP contribution < -0.4 is 4.90 Å². The zero-order valence-corrected chi connectivity index (χ0v) is 13.8. The van der Waals surface area contributed by atoms with Crippen LogP contribution in [0.15, 0.2) is 42.5 Å². The second-order valence-electron chi connectivity index (χ2n) is 7.04. The molecule has 0 N–H and O–H groups in total. The Kier molecular flexibility index (Phi) is 3.61. The monoisotopic (exact) mass is 310 g/mol. The number of anilines is 1. The van der Waals surface area contributed by atoms with Gasteiger partial charge in [-0.1, -0.05) is 18.2 Å². The fourth-order valence-corrected chi connectivity index (χ4v) is 4.16. The molecule has 2 saturated heterocycles. The fraction of sp³-hybridized carbons (Fsp3) is 0.400. The van der Waals surface area contributed by atoms with E-state index >= 15 is 0 Å². The molecule has 2 aromatic carbocycles. The van der Waals surface area contributed by atoms with Crippen LogP contribution in [0.4, 0.5) is 10.1 Å². The zero-order valence-electron chi connectivity index (χ0n) is 13.8. The number of fused-ring (bicyclic) bond motifs is 1. The van der Waals surface area contributed by atoms with Gasteiger partial charge in [0.2, 0.25) is 0 Å². The Balaban J connectivity index is 1.57. The SMILES string of the molecule is Cc1cc(-c2ccc(N3CC[C@@H]4CN(C)C[C@@H]43)cc2)ccc1F. The third kappa shape index (κ3) is 2.63. The molecule has 2 fully saturated rings. The summed E-state index contributed by atoms with van der Waals surface area (Å²) in [4.78, 5) is 5.00. The van der Waals surface area contributed by atoms with Crippen molar-refractivity contribution in [1.29, 1.82) is 0 Å². The second kappa shape index (κ2) is 5.64. The number of likely N-dealkylation sites (N-methyl/N-ethyl adjacent to an activating group) is 1. The van der Waals surface area contributed by atoms with E-state index in [0.29, 0.717) is 11.6 Å². The predicted molar refractivity (Wildman–Crippen MR) is 93.3 cm³/mol. The van der Waals surface area contributed by atoms with Crippen LogP contribution in [0.3, 0.4) is 0 Å². The first kappa shape index (κ1) is 14.7. The van der Waals surface area contributed by atoms with Gasteiger partial charge in [0.15, 0.2) is 0 Å². The molecule has 2 atom stereocenters. The molecule has 0 bridgehead atoms. The van der Waals surface area contributed by atoms with Crippen LogP contribution in [0.2, 0.25) is 0 Å². The molecule has 2 aromatic rings. The number of hydrogen-bond donors (Lipinski definition) is 0. The summed E-state index contributed by atoms with van der Waals surface area (Å²) < 4.78 is 13.4. The van der Waals surface area contributed by atoms with Crippen molar-refractivity contribution in [3.63, 3.8) is 0 Å². The molecular formula is C20H23FN2. The van der Waals surface area contributed by atoms with Gasteiger partial charge in [-0.3, -0.25) is 0 Å². The highest BCUT2D eigenvalue weighted by Crippen LogP contribution is 2.35. The summed E-state index contributed by atoms with van der Waals surface area (Å²) >= 11 is 0. The van der Waals surface area contributed by atoms with E-state index in [4.69, 9.17) is 0 Å². The molecular weight excluding hydrogens is 287 g/mol. The largest absolute Gasteiger partial charge is 0.367 e. The van der Waals surface area contributed by atoms with E-state index in [9.17, 15) is 4.39 Å². The van der Waals surface area contributed by atoms with Gasteiger partial charge in [-0.05, 0) is 67.3 Å². The number of likely N-dealkylation sites (tertiary alicyclic amines) is 1. The highest BCUT2D eigenvalue weighted by Gasteiger charge is 2.39. The lowest BCUT2D eigenvalue weighted by molar-refractivity contribution is 0.386. The summed E-state index contributed by atoms with van der Waals surface area (Å²) in [7, 11) is 2.22. The molecule has 2 aliphatic rings. The van der Waals surface area contributed by atoms with Crippen LogP contribution >= 0.6 is 0 Å². The third-order valence-electron chi connectivity index (χ3n) is 5.42. The van der Waals surface area contributed by atoms with Crippen LogP contribution in [0.5, 0.6) is 0 Å². The topological polar surface area (TPSA) is 6.48 Å². The van der Waals surface area contributed by atoms with E-state index in [2.05, 4.69) is 41.1 Å². The number of hydrogen-bond acceptors (Lipinski definition) is 2. The Hall–Kier alpha value is -1.87. The van der Waals surface area contributed by atoms with E-state index in [0.717, 1.165) is 23.6 Å². The lowest BCUT2D eigenvalue weighted by atomic mass is 10.0. The number of halogens is 1. The summed E-state index contributed by atoms with van der Waals surface area (Å²) in [5, 5.41) is 0. The summed E-state index contributed by atoms with van der Waals surface area (Å²) in [6, 6.07) is 14.7. The van der Waals surface area contributed by atoms with E-state index in [-0.39, 0.29) is 5.82 Å². The zero-order chi connectivity index (χ0) is 16.0. The van der Waals surface area contributed by atoms with Gasteiger partial charge in [0.25, 0.3) is 0 Å². The normalized spacial score (nSPS) is 24.2. The smallest absolute Gasteiger partial charge is 0.126 e. The van der Waals surface area contributed by atoms with Gasteiger partial charge in [0.1, 0.15) is 5.82 Å². The minimum absolute atomic E-state index is 0.140. The van der Waals surface area contributed by atoms with Gasteiger partial charge in [-0.15, -0.1) is 0 Å². The van der Waals surface area contributed by atoms with E-state index < -0.39 is 0 Å². The quantitative estimate of drug-likeness (QED) is 0.829. The predicted octanol–water partition coefficient (Wildman–Crippen LogP) is 3.94. The van der Waals surface area contributed by atoms with Crippen molar-refractivity contribution in [2.24, 2.45) is 5.92 Å². The highest BCUT2D eigenvalue weighted by molar-refractivity contribution is 5.67. The first-order valence-electron chi connectivity index (χ1n) is 8.43. The molecule has 3 heteroatoms. The van der Waals surface area contributed by atoms with Crippen LogP contribution in [0.1, 0.15) is 12.0 Å². The van der Waals surface area contributed by atoms with Crippen molar-refractivity contribution in [1.82, 2.24) is 4.90 Å². The molecule has 0 amide bonds. The van der Waals surface area contributed by atoms with Crippen LogP contribution in [0.25, 0.3) is 11.1 Å². The molecule has 0 saturated carbocycles. The molecule has 0 radical (unpaired) electrons. The van der Waals surface area contributed by atoms with Crippen molar-refractivity contribution in [2.75, 3.05) is 31.6 Å². The number of nitrogens with zero attached hydrogens (tertiary/aromatic N) is 2. The molecule has 4 rings (SSSR count). The molecule has 0 spiro atoms. The maximum Gasteiger partial charge on any atom is 0.126 e. The Morgan fingerprint density at radius 3 is 2.48 bits per heavy atom. The molecule has 120 valence electrons.